The molecule has 0 saturated heterocycles. The Hall–Kier alpha value is -1.33. The number of halogens is 1. The molecule has 96 valence electrons. The highest BCUT2D eigenvalue weighted by Gasteiger charge is 2.13. The molecule has 2 N–H and O–H groups in total. The zero-order valence-corrected chi connectivity index (χ0v) is 12.3. The Morgan fingerprint density at radius 3 is 2.67 bits per heavy atom. The number of rotatable bonds is 3. The van der Waals surface area contributed by atoms with Crippen LogP contribution in [0.4, 0.5) is 0 Å². The Balaban J connectivity index is 2.52. The minimum absolute atomic E-state index is 0.493. The summed E-state index contributed by atoms with van der Waals surface area (Å²) in [5.74, 6) is 0.811. The molecule has 0 fully saturated rings. The fourth-order valence-corrected chi connectivity index (χ4v) is 2.58. The van der Waals surface area contributed by atoms with Crippen LogP contribution >= 0.6 is 15.9 Å². The molecular weight excluding hydrogens is 294 g/mol. The van der Waals surface area contributed by atoms with Gasteiger partial charge in [-0.3, -0.25) is 4.68 Å². The lowest BCUT2D eigenvalue weighted by Crippen LogP contribution is -2.05. The summed E-state index contributed by atoms with van der Waals surface area (Å²) in [5.41, 5.74) is 9.91. The third-order valence-electron chi connectivity index (χ3n) is 3.05. The van der Waals surface area contributed by atoms with E-state index in [0.717, 1.165) is 32.7 Å². The Labute approximate surface area is 115 Å². The first-order valence-corrected chi connectivity index (χ1v) is 6.44. The Morgan fingerprint density at radius 2 is 2.17 bits per heavy atom. The van der Waals surface area contributed by atoms with E-state index in [4.69, 9.17) is 10.5 Å². The molecular formula is C13H16BrN3O. The molecule has 2 rings (SSSR count). The average molecular weight is 310 g/mol. The molecule has 0 aliphatic carbocycles. The number of aryl methyl sites for hydroxylation is 1. The summed E-state index contributed by atoms with van der Waals surface area (Å²) < 4.78 is 7.98. The van der Waals surface area contributed by atoms with E-state index in [9.17, 15) is 0 Å². The minimum Gasteiger partial charge on any atom is -0.496 e. The van der Waals surface area contributed by atoms with E-state index in [1.165, 1.54) is 0 Å². The standard InChI is InChI=1S/C13H16BrN3O/c1-8-11(7-15)17(2)16-13(8)9-4-5-12(18-3)10(14)6-9/h4-6H,7,15H2,1-3H3. The topological polar surface area (TPSA) is 53.1 Å². The van der Waals surface area contributed by atoms with Crippen LogP contribution in [0.2, 0.25) is 0 Å². The van der Waals surface area contributed by atoms with Crippen molar-refractivity contribution in [2.24, 2.45) is 12.8 Å². The van der Waals surface area contributed by atoms with Crippen LogP contribution in [-0.2, 0) is 13.6 Å². The highest BCUT2D eigenvalue weighted by Crippen LogP contribution is 2.31. The lowest BCUT2D eigenvalue weighted by Gasteiger charge is -2.05. The van der Waals surface area contributed by atoms with E-state index in [-0.39, 0.29) is 0 Å². The molecule has 0 aliphatic heterocycles. The van der Waals surface area contributed by atoms with Gasteiger partial charge < -0.3 is 10.5 Å². The first kappa shape index (κ1) is 13.1. The number of hydrogen-bond acceptors (Lipinski definition) is 3. The second kappa shape index (κ2) is 5.12. The zero-order chi connectivity index (χ0) is 13.3. The second-order valence-corrected chi connectivity index (χ2v) is 4.95. The molecule has 0 amide bonds. The van der Waals surface area contributed by atoms with Crippen LogP contribution in [-0.4, -0.2) is 16.9 Å². The van der Waals surface area contributed by atoms with Crippen LogP contribution in [0, 0.1) is 6.92 Å². The van der Waals surface area contributed by atoms with Gasteiger partial charge in [0.05, 0.1) is 23.0 Å². The normalized spacial score (nSPS) is 10.7. The van der Waals surface area contributed by atoms with E-state index in [0.29, 0.717) is 6.54 Å². The first-order valence-electron chi connectivity index (χ1n) is 5.65. The SMILES string of the molecule is COc1ccc(-c2nn(C)c(CN)c2C)cc1Br. The number of nitrogens with two attached hydrogens (primary N) is 1. The summed E-state index contributed by atoms with van der Waals surface area (Å²) in [6.45, 7) is 2.54. The van der Waals surface area contributed by atoms with Crippen molar-refractivity contribution in [1.82, 2.24) is 9.78 Å². The monoisotopic (exact) mass is 309 g/mol. The van der Waals surface area contributed by atoms with Crippen molar-refractivity contribution in [2.75, 3.05) is 7.11 Å². The fourth-order valence-electron chi connectivity index (χ4n) is 2.04. The van der Waals surface area contributed by atoms with Gasteiger partial charge in [-0.25, -0.2) is 0 Å². The summed E-state index contributed by atoms with van der Waals surface area (Å²) in [6, 6.07) is 5.93. The van der Waals surface area contributed by atoms with Gasteiger partial charge in [-0.2, -0.15) is 5.10 Å². The highest BCUT2D eigenvalue weighted by atomic mass is 79.9. The van der Waals surface area contributed by atoms with Gasteiger partial charge >= 0.3 is 0 Å². The lowest BCUT2D eigenvalue weighted by molar-refractivity contribution is 0.412. The predicted molar refractivity (Wildman–Crippen MR) is 75.5 cm³/mol. The molecule has 0 bridgehead atoms. The second-order valence-electron chi connectivity index (χ2n) is 4.10. The molecule has 0 atom stereocenters. The van der Waals surface area contributed by atoms with Gasteiger partial charge in [0.1, 0.15) is 5.75 Å². The van der Waals surface area contributed by atoms with Crippen molar-refractivity contribution in [2.45, 2.75) is 13.5 Å². The van der Waals surface area contributed by atoms with Crippen molar-refractivity contribution in [1.29, 1.82) is 0 Å². The molecule has 0 radical (unpaired) electrons. The van der Waals surface area contributed by atoms with Crippen LogP contribution in [0.5, 0.6) is 5.75 Å². The van der Waals surface area contributed by atoms with Crippen LogP contribution < -0.4 is 10.5 Å². The van der Waals surface area contributed by atoms with E-state index >= 15 is 0 Å². The largest absolute Gasteiger partial charge is 0.496 e. The summed E-state index contributed by atoms with van der Waals surface area (Å²) in [5, 5.41) is 4.52. The van der Waals surface area contributed by atoms with Crippen molar-refractivity contribution in [3.05, 3.63) is 33.9 Å². The van der Waals surface area contributed by atoms with E-state index in [1.54, 1.807) is 7.11 Å². The van der Waals surface area contributed by atoms with E-state index in [1.807, 2.05) is 36.9 Å². The summed E-state index contributed by atoms with van der Waals surface area (Å²) in [4.78, 5) is 0. The van der Waals surface area contributed by atoms with Crippen molar-refractivity contribution in [3.63, 3.8) is 0 Å². The highest BCUT2D eigenvalue weighted by molar-refractivity contribution is 9.10. The molecule has 4 nitrogen and oxygen atoms in total. The molecule has 1 aromatic carbocycles. The van der Waals surface area contributed by atoms with Crippen molar-refractivity contribution >= 4 is 15.9 Å². The third kappa shape index (κ3) is 2.15. The molecule has 5 heteroatoms. The van der Waals surface area contributed by atoms with Gasteiger partial charge in [0.15, 0.2) is 0 Å². The van der Waals surface area contributed by atoms with Gasteiger partial charge in [-0.05, 0) is 46.6 Å². The Kier molecular flexibility index (Phi) is 3.73. The van der Waals surface area contributed by atoms with Crippen LogP contribution in [0.1, 0.15) is 11.3 Å². The van der Waals surface area contributed by atoms with Crippen molar-refractivity contribution < 1.29 is 4.74 Å². The number of methoxy groups -OCH3 is 1. The number of benzene rings is 1. The quantitative estimate of drug-likeness (QED) is 0.948. The van der Waals surface area contributed by atoms with Gasteiger partial charge in [-0.1, -0.05) is 0 Å². The Morgan fingerprint density at radius 1 is 1.44 bits per heavy atom. The molecule has 2 aromatic rings. The molecule has 0 saturated carbocycles. The molecule has 1 aromatic heterocycles. The number of hydrogen-bond donors (Lipinski definition) is 1. The summed E-state index contributed by atoms with van der Waals surface area (Å²) in [6.07, 6.45) is 0. The maximum absolute atomic E-state index is 5.73. The van der Waals surface area contributed by atoms with Crippen molar-refractivity contribution in [3.8, 4) is 17.0 Å². The first-order chi connectivity index (χ1) is 8.58. The molecule has 18 heavy (non-hydrogen) atoms. The van der Waals surface area contributed by atoms with Gasteiger partial charge in [-0.15, -0.1) is 0 Å². The summed E-state index contributed by atoms with van der Waals surface area (Å²) in [7, 11) is 3.57. The number of aromatic nitrogens is 2. The smallest absolute Gasteiger partial charge is 0.133 e. The van der Waals surface area contributed by atoms with Crippen LogP contribution in [0.25, 0.3) is 11.3 Å². The molecule has 0 spiro atoms. The van der Waals surface area contributed by atoms with Gasteiger partial charge in [0.25, 0.3) is 0 Å². The minimum atomic E-state index is 0.493. The molecule has 0 unspecified atom stereocenters. The Bertz CT molecular complexity index is 578. The van der Waals surface area contributed by atoms with E-state index < -0.39 is 0 Å². The van der Waals surface area contributed by atoms with Gasteiger partial charge in [0.2, 0.25) is 0 Å². The third-order valence-corrected chi connectivity index (χ3v) is 3.67. The van der Waals surface area contributed by atoms with E-state index in [2.05, 4.69) is 21.0 Å². The lowest BCUT2D eigenvalue weighted by atomic mass is 10.1. The maximum Gasteiger partial charge on any atom is 0.133 e. The van der Waals surface area contributed by atoms with Crippen LogP contribution in [0.3, 0.4) is 0 Å². The van der Waals surface area contributed by atoms with Gasteiger partial charge in [0, 0.05) is 19.2 Å². The van der Waals surface area contributed by atoms with Crippen LogP contribution in [0.15, 0.2) is 22.7 Å². The number of ether oxygens (including phenoxy) is 1. The average Bonchev–Trinajstić information content (AvgIpc) is 2.64. The number of nitrogens with zero attached hydrogens (tertiary/aromatic N) is 2. The molecule has 1 heterocycles. The maximum atomic E-state index is 5.73. The summed E-state index contributed by atoms with van der Waals surface area (Å²) >= 11 is 3.49. The zero-order valence-electron chi connectivity index (χ0n) is 10.7. The molecule has 0 aliphatic rings. The fraction of sp³-hybridized carbons (Fsp3) is 0.308. The predicted octanol–water partition coefficient (Wildman–Crippen LogP) is 2.63.